The van der Waals surface area contributed by atoms with E-state index in [-0.39, 0.29) is 43.8 Å². The average Bonchev–Trinajstić information content (AvgIpc) is 3.06. The third kappa shape index (κ3) is 10.9. The fourth-order valence-electron chi connectivity index (χ4n) is 5.19. The van der Waals surface area contributed by atoms with Crippen LogP contribution in [0.3, 0.4) is 0 Å². The van der Waals surface area contributed by atoms with E-state index in [0.717, 1.165) is 22.4 Å². The molecule has 0 fully saturated rings. The van der Waals surface area contributed by atoms with Gasteiger partial charge in [-0.05, 0) is 48.1 Å². The van der Waals surface area contributed by atoms with Gasteiger partial charge in [0.25, 0.3) is 0 Å². The maximum atomic E-state index is 13.5. The van der Waals surface area contributed by atoms with Gasteiger partial charge in [-0.15, -0.1) is 0 Å². The zero-order valence-corrected chi connectivity index (χ0v) is 25.6. The number of benzene rings is 3. The first-order valence-electron chi connectivity index (χ1n) is 15.3. The zero-order chi connectivity index (χ0) is 31.9. The van der Waals surface area contributed by atoms with Crippen LogP contribution in [0.15, 0.2) is 97.1 Å². The Kier molecular flexibility index (Phi) is 13.2. The Hall–Kier alpha value is -4.47. The second-order valence-electron chi connectivity index (χ2n) is 11.1. The van der Waals surface area contributed by atoms with Gasteiger partial charge in [0.05, 0.1) is 31.2 Å². The van der Waals surface area contributed by atoms with Crippen LogP contribution in [0, 0.1) is 5.92 Å². The van der Waals surface area contributed by atoms with E-state index in [9.17, 15) is 19.5 Å². The summed E-state index contributed by atoms with van der Waals surface area (Å²) in [6.45, 7) is 0.314. The molecule has 0 aliphatic carbocycles. The maximum Gasteiger partial charge on any atom is 0.306 e. The summed E-state index contributed by atoms with van der Waals surface area (Å²) in [6, 6.07) is 25.5. The highest BCUT2D eigenvalue weighted by molar-refractivity contribution is 5.86. The normalized spacial score (nSPS) is 19.7. The summed E-state index contributed by atoms with van der Waals surface area (Å²) in [7, 11) is 1.51. The summed E-state index contributed by atoms with van der Waals surface area (Å²) in [5.41, 5.74) is 2.73. The van der Waals surface area contributed by atoms with Crippen molar-refractivity contribution in [3.63, 3.8) is 0 Å². The standard InChI is InChI=1S/C36H42N2O7/c1-43-25-32-35(28-13-7-3-8-14-28)45-34(41)16-10-4-9-15-29(36(42)38-32)22-33(40)37-30(23-39)21-26-17-19-31(20-18-26)44-24-27-11-5-2-6-12-27/h2-9,11-14,17-20,29-30,32,35,39H,10,15-16,21-25H2,1H3,(H,37,40)(H,38,42)/t29-,30+,32+,35+/m1/s1. The van der Waals surface area contributed by atoms with E-state index in [1.165, 1.54) is 7.11 Å². The lowest BCUT2D eigenvalue weighted by atomic mass is 9.96. The van der Waals surface area contributed by atoms with E-state index >= 15 is 0 Å². The van der Waals surface area contributed by atoms with Crippen molar-refractivity contribution in [1.29, 1.82) is 0 Å². The monoisotopic (exact) mass is 614 g/mol. The number of aliphatic hydroxyl groups excluding tert-OH is 1. The molecule has 2 amide bonds. The average molecular weight is 615 g/mol. The lowest BCUT2D eigenvalue weighted by Crippen LogP contribution is -2.47. The number of nitrogens with one attached hydrogen (secondary N) is 2. The number of rotatable bonds is 12. The minimum Gasteiger partial charge on any atom is -0.489 e. The predicted molar refractivity (Wildman–Crippen MR) is 170 cm³/mol. The molecule has 45 heavy (non-hydrogen) atoms. The van der Waals surface area contributed by atoms with Gasteiger partial charge in [0, 0.05) is 20.0 Å². The molecule has 0 spiro atoms. The number of carbonyl (C=O) groups excluding carboxylic acids is 3. The summed E-state index contributed by atoms with van der Waals surface area (Å²) in [4.78, 5) is 39.3. The number of amides is 2. The lowest BCUT2D eigenvalue weighted by molar-refractivity contribution is -0.153. The molecule has 0 saturated heterocycles. The Bertz CT molecular complexity index is 1380. The van der Waals surface area contributed by atoms with Gasteiger partial charge < -0.3 is 30.0 Å². The van der Waals surface area contributed by atoms with E-state index in [2.05, 4.69) is 10.6 Å². The van der Waals surface area contributed by atoms with Crippen molar-refractivity contribution in [2.45, 2.75) is 56.9 Å². The molecule has 1 aliphatic rings. The first kappa shape index (κ1) is 33.4. The summed E-state index contributed by atoms with van der Waals surface area (Å²) >= 11 is 0. The van der Waals surface area contributed by atoms with E-state index < -0.39 is 24.1 Å². The minimum atomic E-state index is -0.755. The number of hydrogen-bond donors (Lipinski definition) is 3. The summed E-state index contributed by atoms with van der Waals surface area (Å²) in [5.74, 6) is -1.00. The SMILES string of the molecule is COC[C@@H]1NC(=O)[C@@H](CC(=O)N[C@H](CO)Cc2ccc(OCc3ccccc3)cc2)CC=CCCC(=O)O[C@H]1c1ccccc1. The third-order valence-corrected chi connectivity index (χ3v) is 7.57. The summed E-state index contributed by atoms with van der Waals surface area (Å²) in [6.07, 6.45) is 4.20. The van der Waals surface area contributed by atoms with Crippen molar-refractivity contribution in [3.8, 4) is 5.75 Å². The van der Waals surface area contributed by atoms with Gasteiger partial charge in [-0.1, -0.05) is 84.9 Å². The van der Waals surface area contributed by atoms with Crippen molar-refractivity contribution in [1.82, 2.24) is 10.6 Å². The number of carbonyl (C=O) groups is 3. The van der Waals surface area contributed by atoms with Crippen LogP contribution in [0.25, 0.3) is 0 Å². The highest BCUT2D eigenvalue weighted by Gasteiger charge is 2.32. The topological polar surface area (TPSA) is 123 Å². The Labute approximate surface area is 264 Å². The van der Waals surface area contributed by atoms with Crippen molar-refractivity contribution >= 4 is 17.8 Å². The Morgan fingerprint density at radius 3 is 2.38 bits per heavy atom. The smallest absolute Gasteiger partial charge is 0.306 e. The van der Waals surface area contributed by atoms with Gasteiger partial charge in [0.2, 0.25) is 11.8 Å². The molecule has 0 unspecified atom stereocenters. The maximum absolute atomic E-state index is 13.5. The molecule has 0 radical (unpaired) electrons. The fraction of sp³-hybridized carbons (Fsp3) is 0.361. The van der Waals surface area contributed by atoms with Crippen molar-refractivity contribution in [2.75, 3.05) is 20.3 Å². The largest absolute Gasteiger partial charge is 0.489 e. The van der Waals surface area contributed by atoms with Crippen LogP contribution in [-0.4, -0.2) is 55.3 Å². The molecule has 3 N–H and O–H groups in total. The van der Waals surface area contributed by atoms with Crippen molar-refractivity contribution < 1.29 is 33.7 Å². The quantitative estimate of drug-likeness (QED) is 0.204. The summed E-state index contributed by atoms with van der Waals surface area (Å²) in [5, 5.41) is 15.9. The molecule has 4 rings (SSSR count). The Morgan fingerprint density at radius 1 is 0.978 bits per heavy atom. The van der Waals surface area contributed by atoms with Crippen molar-refractivity contribution in [3.05, 3.63) is 114 Å². The van der Waals surface area contributed by atoms with E-state index in [4.69, 9.17) is 14.2 Å². The van der Waals surface area contributed by atoms with Crippen LogP contribution >= 0.6 is 0 Å². The van der Waals surface area contributed by atoms with Gasteiger partial charge in [-0.2, -0.15) is 0 Å². The van der Waals surface area contributed by atoms with Crippen LogP contribution in [0.4, 0.5) is 0 Å². The molecule has 0 saturated carbocycles. The zero-order valence-electron chi connectivity index (χ0n) is 25.6. The van der Waals surface area contributed by atoms with Gasteiger partial charge in [0.15, 0.2) is 0 Å². The molecule has 0 aromatic heterocycles. The number of cyclic esters (lactones) is 1. The highest BCUT2D eigenvalue weighted by atomic mass is 16.5. The molecule has 4 atom stereocenters. The minimum absolute atomic E-state index is 0.0750. The number of aliphatic hydroxyl groups is 1. The van der Waals surface area contributed by atoms with Gasteiger partial charge in [0.1, 0.15) is 18.5 Å². The molecule has 1 aliphatic heterocycles. The molecular formula is C36H42N2O7. The van der Waals surface area contributed by atoms with Crippen LogP contribution < -0.4 is 15.4 Å². The molecule has 3 aromatic carbocycles. The summed E-state index contributed by atoms with van der Waals surface area (Å²) < 4.78 is 17.1. The molecule has 3 aromatic rings. The third-order valence-electron chi connectivity index (χ3n) is 7.57. The molecule has 1 heterocycles. The second-order valence-corrected chi connectivity index (χ2v) is 11.1. The number of ether oxygens (including phenoxy) is 3. The van der Waals surface area contributed by atoms with Crippen LogP contribution in [-0.2, 0) is 36.9 Å². The number of allylic oxidation sites excluding steroid dienone is 2. The molecular weight excluding hydrogens is 572 g/mol. The van der Waals surface area contributed by atoms with Crippen LogP contribution in [0.5, 0.6) is 5.75 Å². The van der Waals surface area contributed by atoms with Gasteiger partial charge in [-0.25, -0.2) is 0 Å². The molecule has 0 bridgehead atoms. The number of hydrogen-bond acceptors (Lipinski definition) is 7. The number of esters is 1. The van der Waals surface area contributed by atoms with Crippen molar-refractivity contribution in [2.24, 2.45) is 5.92 Å². The van der Waals surface area contributed by atoms with Gasteiger partial charge >= 0.3 is 5.97 Å². The molecule has 9 heteroatoms. The molecule has 238 valence electrons. The van der Waals surface area contributed by atoms with Crippen LogP contribution in [0.2, 0.25) is 0 Å². The molecule has 9 nitrogen and oxygen atoms in total. The Morgan fingerprint density at radius 2 is 1.69 bits per heavy atom. The van der Waals surface area contributed by atoms with E-state index in [0.29, 0.717) is 25.9 Å². The first-order valence-corrected chi connectivity index (χ1v) is 15.3. The second kappa shape index (κ2) is 17.7. The van der Waals surface area contributed by atoms with E-state index in [1.807, 2.05) is 97.1 Å². The van der Waals surface area contributed by atoms with Crippen LogP contribution in [0.1, 0.15) is 48.5 Å². The fourth-order valence-corrected chi connectivity index (χ4v) is 5.19. The first-order chi connectivity index (χ1) is 21.9. The Balaban J connectivity index is 1.38. The number of methoxy groups -OCH3 is 1. The van der Waals surface area contributed by atoms with Gasteiger partial charge in [-0.3, -0.25) is 14.4 Å². The lowest BCUT2D eigenvalue weighted by Gasteiger charge is -2.29. The highest BCUT2D eigenvalue weighted by Crippen LogP contribution is 2.25. The van der Waals surface area contributed by atoms with E-state index in [1.54, 1.807) is 0 Å². The predicted octanol–water partition coefficient (Wildman–Crippen LogP) is 4.45.